The number of nitrogens with one attached hydrogen (secondary N) is 1. The lowest BCUT2D eigenvalue weighted by Crippen LogP contribution is -2.36. The van der Waals surface area contributed by atoms with Crippen molar-refractivity contribution < 1.29 is 27.9 Å². The molecule has 0 spiro atoms. The molecule has 5 nitrogen and oxygen atoms in total. The van der Waals surface area contributed by atoms with Gasteiger partial charge in [0.2, 0.25) is 0 Å². The van der Waals surface area contributed by atoms with Crippen LogP contribution in [0.4, 0.5) is 8.78 Å². The molecule has 8 heteroatoms. The van der Waals surface area contributed by atoms with Gasteiger partial charge in [-0.25, -0.2) is 0 Å². The second-order valence-electron chi connectivity index (χ2n) is 3.62. The predicted octanol–water partition coefficient (Wildman–Crippen LogP) is 0.412. The van der Waals surface area contributed by atoms with E-state index in [0.29, 0.717) is 11.8 Å². The van der Waals surface area contributed by atoms with Crippen LogP contribution in [0.25, 0.3) is 0 Å². The van der Waals surface area contributed by atoms with Gasteiger partial charge < -0.3 is 14.6 Å². The molecule has 1 aromatic rings. The number of hydrogen-bond acceptors (Lipinski definition) is 3. The van der Waals surface area contributed by atoms with Gasteiger partial charge in [0.15, 0.2) is 0 Å². The van der Waals surface area contributed by atoms with Gasteiger partial charge in [-0.1, -0.05) is 12.1 Å². The van der Waals surface area contributed by atoms with E-state index in [1.54, 1.807) is 5.32 Å². The van der Waals surface area contributed by atoms with Crippen LogP contribution in [0, 0.1) is 0 Å². The van der Waals surface area contributed by atoms with Gasteiger partial charge in [-0.15, -0.1) is 0 Å². The highest BCUT2D eigenvalue weighted by molar-refractivity contribution is 7.60. The monoisotopic (exact) mass is 279 g/mol. The van der Waals surface area contributed by atoms with Gasteiger partial charge in [0.25, 0.3) is 6.55 Å². The standard InChI is InChI=1S/C10H12F2NO4P/c11-10(12)13-8(6-14)5-7-1-3-9(4-2-7)18(15,16)17/h1-4,6,8,10,13H,5H2,(H2,15,16,17). The molecule has 100 valence electrons. The fraction of sp³-hybridized carbons (Fsp3) is 0.300. The first-order valence-corrected chi connectivity index (χ1v) is 6.58. The summed E-state index contributed by atoms with van der Waals surface area (Å²) in [6.45, 7) is -2.80. The van der Waals surface area contributed by atoms with Crippen molar-refractivity contribution in [3.63, 3.8) is 0 Å². The smallest absolute Gasteiger partial charge is 0.321 e. The van der Waals surface area contributed by atoms with E-state index in [0.717, 1.165) is 0 Å². The Hall–Kier alpha value is -1.14. The molecule has 0 aliphatic rings. The van der Waals surface area contributed by atoms with Gasteiger partial charge in [0.1, 0.15) is 6.29 Å². The molecule has 1 unspecified atom stereocenters. The molecule has 0 aromatic heterocycles. The third-order valence-corrected chi connectivity index (χ3v) is 3.20. The Morgan fingerprint density at radius 1 is 1.28 bits per heavy atom. The summed E-state index contributed by atoms with van der Waals surface area (Å²) in [4.78, 5) is 28.3. The third-order valence-electron chi connectivity index (χ3n) is 2.23. The largest absolute Gasteiger partial charge is 0.356 e. The summed E-state index contributed by atoms with van der Waals surface area (Å²) >= 11 is 0. The van der Waals surface area contributed by atoms with Crippen molar-refractivity contribution in [1.29, 1.82) is 0 Å². The van der Waals surface area contributed by atoms with Crippen LogP contribution in [0.2, 0.25) is 0 Å². The van der Waals surface area contributed by atoms with Crippen LogP contribution < -0.4 is 10.6 Å². The van der Waals surface area contributed by atoms with Crippen molar-refractivity contribution in [1.82, 2.24) is 5.32 Å². The fourth-order valence-electron chi connectivity index (χ4n) is 1.39. The van der Waals surface area contributed by atoms with E-state index in [-0.39, 0.29) is 11.7 Å². The molecule has 0 bridgehead atoms. The van der Waals surface area contributed by atoms with Crippen molar-refractivity contribution in [2.24, 2.45) is 0 Å². The fourth-order valence-corrected chi connectivity index (χ4v) is 1.93. The van der Waals surface area contributed by atoms with Crippen molar-refractivity contribution in [2.45, 2.75) is 19.0 Å². The minimum absolute atomic E-state index is 0.0231. The number of rotatable bonds is 6. The van der Waals surface area contributed by atoms with Crippen molar-refractivity contribution in [3.8, 4) is 0 Å². The van der Waals surface area contributed by atoms with E-state index >= 15 is 0 Å². The molecule has 0 saturated carbocycles. The summed E-state index contributed by atoms with van der Waals surface area (Å²) in [6.07, 6.45) is 0.387. The van der Waals surface area contributed by atoms with E-state index < -0.39 is 20.2 Å². The number of carbonyl (C=O) groups is 1. The Kier molecular flexibility index (Phi) is 5.10. The van der Waals surface area contributed by atoms with Crippen LogP contribution in [0.1, 0.15) is 5.56 Å². The number of benzene rings is 1. The number of alkyl halides is 2. The van der Waals surface area contributed by atoms with E-state index in [1.165, 1.54) is 24.3 Å². The Morgan fingerprint density at radius 3 is 2.22 bits per heavy atom. The lowest BCUT2D eigenvalue weighted by atomic mass is 10.1. The van der Waals surface area contributed by atoms with Crippen molar-refractivity contribution >= 4 is 19.2 Å². The first-order valence-electron chi connectivity index (χ1n) is 4.97. The molecule has 0 amide bonds. The summed E-state index contributed by atoms with van der Waals surface area (Å²) in [5, 5.41) is 1.61. The molecule has 0 radical (unpaired) electrons. The maximum absolute atomic E-state index is 12.0. The zero-order chi connectivity index (χ0) is 13.8. The summed E-state index contributed by atoms with van der Waals surface area (Å²) < 4.78 is 34.9. The van der Waals surface area contributed by atoms with Gasteiger partial charge in [0, 0.05) is 0 Å². The Bertz CT molecular complexity index is 446. The maximum Gasteiger partial charge on any atom is 0.356 e. The van der Waals surface area contributed by atoms with E-state index in [2.05, 4.69) is 0 Å². The van der Waals surface area contributed by atoms with Crippen LogP contribution >= 0.6 is 7.60 Å². The van der Waals surface area contributed by atoms with E-state index in [9.17, 15) is 18.1 Å². The summed E-state index contributed by atoms with van der Waals surface area (Å²) in [5.41, 5.74) is 0.525. The highest BCUT2D eigenvalue weighted by Gasteiger charge is 2.17. The average Bonchev–Trinajstić information content (AvgIpc) is 2.27. The van der Waals surface area contributed by atoms with Crippen LogP contribution in [-0.4, -0.2) is 28.7 Å². The van der Waals surface area contributed by atoms with E-state index in [4.69, 9.17) is 9.79 Å². The lowest BCUT2D eigenvalue weighted by molar-refractivity contribution is -0.110. The molecule has 1 rings (SSSR count). The zero-order valence-electron chi connectivity index (χ0n) is 9.16. The first-order chi connectivity index (χ1) is 8.32. The SMILES string of the molecule is O=CC(Cc1ccc(P(=O)(O)O)cc1)NC(F)F. The molecule has 1 aromatic carbocycles. The van der Waals surface area contributed by atoms with Gasteiger partial charge in [-0.2, -0.15) is 8.78 Å². The molecule has 0 saturated heterocycles. The zero-order valence-corrected chi connectivity index (χ0v) is 10.1. The minimum atomic E-state index is -4.31. The topological polar surface area (TPSA) is 86.6 Å². The number of carbonyl (C=O) groups excluding carboxylic acids is 1. The second kappa shape index (κ2) is 6.15. The van der Waals surface area contributed by atoms with Gasteiger partial charge in [0.05, 0.1) is 11.3 Å². The molecule has 0 aliphatic heterocycles. The van der Waals surface area contributed by atoms with Gasteiger partial charge in [-0.3, -0.25) is 9.88 Å². The second-order valence-corrected chi connectivity index (χ2v) is 5.23. The summed E-state index contributed by atoms with van der Waals surface area (Å²) in [5.74, 6) is 0. The van der Waals surface area contributed by atoms with E-state index in [1.807, 2.05) is 0 Å². The predicted molar refractivity (Wildman–Crippen MR) is 60.8 cm³/mol. The Labute approximate surface area is 102 Å². The highest BCUT2D eigenvalue weighted by atomic mass is 31.2. The minimum Gasteiger partial charge on any atom is -0.321 e. The summed E-state index contributed by atoms with van der Waals surface area (Å²) in [7, 11) is -4.31. The molecule has 0 heterocycles. The quantitative estimate of drug-likeness (QED) is 0.399. The normalized spacial score (nSPS) is 13.6. The molecular formula is C10H12F2NO4P. The highest BCUT2D eigenvalue weighted by Crippen LogP contribution is 2.32. The Morgan fingerprint density at radius 2 is 1.83 bits per heavy atom. The summed E-state index contributed by atoms with van der Waals surface area (Å²) in [6, 6.07) is 4.16. The molecular weight excluding hydrogens is 267 g/mol. The van der Waals surface area contributed by atoms with Crippen LogP contribution in [0.3, 0.4) is 0 Å². The van der Waals surface area contributed by atoms with Gasteiger partial charge in [-0.05, 0) is 24.1 Å². The molecule has 1 atom stereocenters. The first kappa shape index (κ1) is 14.9. The van der Waals surface area contributed by atoms with Gasteiger partial charge >= 0.3 is 7.60 Å². The van der Waals surface area contributed by atoms with Crippen molar-refractivity contribution in [3.05, 3.63) is 29.8 Å². The third kappa shape index (κ3) is 4.62. The average molecular weight is 279 g/mol. The van der Waals surface area contributed by atoms with Crippen LogP contribution in [0.15, 0.2) is 24.3 Å². The molecule has 0 fully saturated rings. The van der Waals surface area contributed by atoms with Crippen LogP contribution in [-0.2, 0) is 15.8 Å². The van der Waals surface area contributed by atoms with Crippen LogP contribution in [0.5, 0.6) is 0 Å². The maximum atomic E-state index is 12.0. The number of hydrogen-bond donors (Lipinski definition) is 3. The lowest BCUT2D eigenvalue weighted by Gasteiger charge is -2.12. The molecule has 18 heavy (non-hydrogen) atoms. The number of aldehydes is 1. The molecule has 3 N–H and O–H groups in total. The number of halogens is 2. The van der Waals surface area contributed by atoms with Crippen molar-refractivity contribution in [2.75, 3.05) is 0 Å². The Balaban J connectivity index is 2.74. The molecule has 0 aliphatic carbocycles.